The molecule has 0 aliphatic heterocycles. The number of imidazole rings is 1. The van der Waals surface area contributed by atoms with Gasteiger partial charge >= 0.3 is 5.97 Å². The van der Waals surface area contributed by atoms with Gasteiger partial charge in [0.15, 0.2) is 0 Å². The van der Waals surface area contributed by atoms with Gasteiger partial charge in [0, 0.05) is 0 Å². The molecule has 0 spiro atoms. The molecule has 0 bridgehead atoms. The normalized spacial score (nSPS) is 10.5. The number of aryl methyl sites for hydroxylation is 1. The Kier molecular flexibility index (Phi) is 2.92. The summed E-state index contributed by atoms with van der Waals surface area (Å²) in [6, 6.07) is 12.3. The van der Waals surface area contributed by atoms with E-state index in [0.29, 0.717) is 16.6 Å². The Morgan fingerprint density at radius 1 is 1.29 bits per heavy atom. The van der Waals surface area contributed by atoms with Crippen LogP contribution in [0, 0.1) is 18.3 Å². The average Bonchev–Trinajstić information content (AvgIpc) is 2.90. The van der Waals surface area contributed by atoms with Crippen LogP contribution < -0.4 is 0 Å². The van der Waals surface area contributed by atoms with Crippen LogP contribution in [-0.4, -0.2) is 20.6 Å². The van der Waals surface area contributed by atoms with E-state index in [1.54, 1.807) is 35.2 Å². The minimum absolute atomic E-state index is 0.207. The molecule has 1 heterocycles. The minimum atomic E-state index is -0.979. The molecule has 1 N–H and O–H groups in total. The average molecular weight is 277 g/mol. The third-order valence-electron chi connectivity index (χ3n) is 3.39. The molecule has 0 amide bonds. The molecule has 0 saturated heterocycles. The molecule has 0 radical (unpaired) electrons. The lowest BCUT2D eigenvalue weighted by molar-refractivity contribution is 0.0697. The first-order chi connectivity index (χ1) is 10.1. The van der Waals surface area contributed by atoms with E-state index in [4.69, 9.17) is 10.4 Å². The smallest absolute Gasteiger partial charge is 0.335 e. The Labute approximate surface area is 120 Å². The first kappa shape index (κ1) is 12.9. The van der Waals surface area contributed by atoms with Crippen molar-refractivity contribution in [3.63, 3.8) is 0 Å². The van der Waals surface area contributed by atoms with E-state index in [1.165, 1.54) is 6.07 Å². The van der Waals surface area contributed by atoms with Crippen molar-refractivity contribution >= 4 is 17.0 Å². The second kappa shape index (κ2) is 4.76. The van der Waals surface area contributed by atoms with E-state index < -0.39 is 5.97 Å². The summed E-state index contributed by atoms with van der Waals surface area (Å²) in [5.74, 6) is -0.979. The highest BCUT2D eigenvalue weighted by Gasteiger charge is 2.11. The number of fused-ring (bicyclic) bond motifs is 1. The fourth-order valence-corrected chi connectivity index (χ4v) is 2.27. The summed E-state index contributed by atoms with van der Waals surface area (Å²) in [4.78, 5) is 15.4. The third-order valence-corrected chi connectivity index (χ3v) is 3.39. The Bertz CT molecular complexity index is 904. The second-order valence-corrected chi connectivity index (χ2v) is 4.74. The van der Waals surface area contributed by atoms with Gasteiger partial charge in [0.1, 0.15) is 6.33 Å². The molecular formula is C16H11N3O2. The summed E-state index contributed by atoms with van der Waals surface area (Å²) < 4.78 is 1.80. The highest BCUT2D eigenvalue weighted by molar-refractivity contribution is 5.92. The maximum atomic E-state index is 11.1. The van der Waals surface area contributed by atoms with E-state index >= 15 is 0 Å². The fraction of sp³-hybridized carbons (Fsp3) is 0.0625. The third kappa shape index (κ3) is 2.13. The van der Waals surface area contributed by atoms with Crippen LogP contribution in [0.2, 0.25) is 0 Å². The second-order valence-electron chi connectivity index (χ2n) is 4.74. The van der Waals surface area contributed by atoms with Crippen molar-refractivity contribution in [2.45, 2.75) is 6.92 Å². The number of rotatable bonds is 2. The zero-order valence-electron chi connectivity index (χ0n) is 11.2. The van der Waals surface area contributed by atoms with Gasteiger partial charge in [-0.05, 0) is 42.8 Å². The van der Waals surface area contributed by atoms with Crippen LogP contribution in [0.3, 0.4) is 0 Å². The van der Waals surface area contributed by atoms with Crippen LogP contribution in [0.1, 0.15) is 21.5 Å². The van der Waals surface area contributed by atoms with Crippen molar-refractivity contribution in [3.8, 4) is 11.8 Å². The van der Waals surface area contributed by atoms with Gasteiger partial charge in [-0.25, -0.2) is 9.78 Å². The molecule has 21 heavy (non-hydrogen) atoms. The van der Waals surface area contributed by atoms with Gasteiger partial charge in [-0.15, -0.1) is 0 Å². The number of hydrogen-bond acceptors (Lipinski definition) is 3. The summed E-state index contributed by atoms with van der Waals surface area (Å²) in [6.45, 7) is 1.93. The summed E-state index contributed by atoms with van der Waals surface area (Å²) in [7, 11) is 0. The molecule has 0 unspecified atom stereocenters. The molecule has 1 aromatic heterocycles. The lowest BCUT2D eigenvalue weighted by atomic mass is 10.1. The highest BCUT2D eigenvalue weighted by atomic mass is 16.4. The molecule has 0 aliphatic carbocycles. The topological polar surface area (TPSA) is 78.9 Å². The number of nitrogens with zero attached hydrogens (tertiary/aromatic N) is 3. The van der Waals surface area contributed by atoms with Gasteiger partial charge in [-0.3, -0.25) is 4.57 Å². The number of carboxylic acid groups (broad SMARTS) is 1. The first-order valence-electron chi connectivity index (χ1n) is 6.31. The molecule has 3 rings (SSSR count). The van der Waals surface area contributed by atoms with Crippen molar-refractivity contribution in [2.75, 3.05) is 0 Å². The van der Waals surface area contributed by atoms with Gasteiger partial charge in [0.05, 0.1) is 33.9 Å². The van der Waals surface area contributed by atoms with E-state index in [0.717, 1.165) is 11.3 Å². The van der Waals surface area contributed by atoms with Crippen LogP contribution in [0.5, 0.6) is 0 Å². The SMILES string of the molecule is Cc1ccc(C#N)cc1-n1cnc2ccc(C(=O)O)cc21. The van der Waals surface area contributed by atoms with Crippen LogP contribution >= 0.6 is 0 Å². The molecule has 0 atom stereocenters. The number of aromatic carboxylic acids is 1. The maximum absolute atomic E-state index is 11.1. The molecule has 0 fully saturated rings. The minimum Gasteiger partial charge on any atom is -0.478 e. The Balaban J connectivity index is 2.28. The number of aromatic nitrogens is 2. The molecule has 0 aliphatic rings. The molecular weight excluding hydrogens is 266 g/mol. The monoisotopic (exact) mass is 277 g/mol. The highest BCUT2D eigenvalue weighted by Crippen LogP contribution is 2.23. The number of carboxylic acids is 1. The first-order valence-corrected chi connectivity index (χ1v) is 6.31. The summed E-state index contributed by atoms with van der Waals surface area (Å²) in [6.07, 6.45) is 1.64. The molecule has 102 valence electrons. The van der Waals surface area contributed by atoms with Crippen molar-refractivity contribution in [2.24, 2.45) is 0 Å². The molecule has 3 aromatic rings. The van der Waals surface area contributed by atoms with Gasteiger partial charge in [0.25, 0.3) is 0 Å². The van der Waals surface area contributed by atoms with Crippen LogP contribution in [0.15, 0.2) is 42.7 Å². The number of benzene rings is 2. The predicted molar refractivity (Wildman–Crippen MR) is 77.5 cm³/mol. The van der Waals surface area contributed by atoms with Gasteiger partial charge in [-0.1, -0.05) is 6.07 Å². The summed E-state index contributed by atoms with van der Waals surface area (Å²) in [5.41, 5.74) is 3.97. The van der Waals surface area contributed by atoms with E-state index in [1.807, 2.05) is 13.0 Å². The van der Waals surface area contributed by atoms with E-state index in [-0.39, 0.29) is 5.56 Å². The lowest BCUT2D eigenvalue weighted by Crippen LogP contribution is -1.99. The molecule has 0 saturated carbocycles. The van der Waals surface area contributed by atoms with Crippen molar-refractivity contribution < 1.29 is 9.90 Å². The van der Waals surface area contributed by atoms with Crippen molar-refractivity contribution in [1.82, 2.24) is 9.55 Å². The van der Waals surface area contributed by atoms with Gasteiger partial charge < -0.3 is 5.11 Å². The molecule has 5 heteroatoms. The van der Waals surface area contributed by atoms with E-state index in [2.05, 4.69) is 11.1 Å². The summed E-state index contributed by atoms with van der Waals surface area (Å²) >= 11 is 0. The Morgan fingerprint density at radius 3 is 2.81 bits per heavy atom. The predicted octanol–water partition coefficient (Wildman–Crippen LogP) is 2.90. The van der Waals surface area contributed by atoms with Gasteiger partial charge in [0.2, 0.25) is 0 Å². The van der Waals surface area contributed by atoms with Crippen LogP contribution in [0.25, 0.3) is 16.7 Å². The largest absolute Gasteiger partial charge is 0.478 e. The number of nitriles is 1. The quantitative estimate of drug-likeness (QED) is 0.781. The van der Waals surface area contributed by atoms with Gasteiger partial charge in [-0.2, -0.15) is 5.26 Å². The van der Waals surface area contributed by atoms with Crippen molar-refractivity contribution in [3.05, 3.63) is 59.4 Å². The fourth-order valence-electron chi connectivity index (χ4n) is 2.27. The van der Waals surface area contributed by atoms with Crippen LogP contribution in [0.4, 0.5) is 0 Å². The Morgan fingerprint density at radius 2 is 2.10 bits per heavy atom. The maximum Gasteiger partial charge on any atom is 0.335 e. The summed E-state index contributed by atoms with van der Waals surface area (Å²) in [5, 5.41) is 18.1. The lowest BCUT2D eigenvalue weighted by Gasteiger charge is -2.09. The Hall–Kier alpha value is -3.13. The number of carbonyl (C=O) groups is 1. The van der Waals surface area contributed by atoms with Crippen LogP contribution in [-0.2, 0) is 0 Å². The van der Waals surface area contributed by atoms with E-state index in [9.17, 15) is 4.79 Å². The number of hydrogen-bond donors (Lipinski definition) is 1. The molecule has 2 aromatic carbocycles. The van der Waals surface area contributed by atoms with Crippen molar-refractivity contribution in [1.29, 1.82) is 5.26 Å². The standard InChI is InChI=1S/C16H11N3O2/c1-10-2-3-11(8-17)6-14(10)19-9-18-13-5-4-12(16(20)21)7-15(13)19/h2-7,9H,1H3,(H,20,21). The zero-order chi connectivity index (χ0) is 15.0. The zero-order valence-corrected chi connectivity index (χ0v) is 11.2. The molecule has 5 nitrogen and oxygen atoms in total.